The third kappa shape index (κ3) is 2.70. The molecule has 16 heavy (non-hydrogen) atoms. The van der Waals surface area contributed by atoms with Crippen LogP contribution in [0.4, 0.5) is 5.82 Å². The summed E-state index contributed by atoms with van der Waals surface area (Å²) < 4.78 is 0. The number of hydrogen-bond donors (Lipinski definition) is 3. The van der Waals surface area contributed by atoms with E-state index in [1.165, 1.54) is 0 Å². The van der Waals surface area contributed by atoms with Crippen LogP contribution >= 0.6 is 0 Å². The van der Waals surface area contributed by atoms with Gasteiger partial charge in [-0.05, 0) is 32.9 Å². The standard InChI is InChI=1S/C11H17N3O2/c1-7(15)11(2,3)14-10-8(9(12)16)5-4-6-13-10/h4-7,15H,1-3H3,(H2,12,16)(H,13,14). The second-order valence-corrected chi connectivity index (χ2v) is 4.29. The number of nitrogens with one attached hydrogen (secondary N) is 1. The lowest BCUT2D eigenvalue weighted by molar-refractivity contribution is 0.0999. The summed E-state index contributed by atoms with van der Waals surface area (Å²) in [6.45, 7) is 5.30. The quantitative estimate of drug-likeness (QED) is 0.703. The number of hydrogen-bond acceptors (Lipinski definition) is 4. The fourth-order valence-electron chi connectivity index (χ4n) is 1.11. The van der Waals surface area contributed by atoms with Crippen molar-refractivity contribution in [1.82, 2.24) is 4.98 Å². The SMILES string of the molecule is CC(O)C(C)(C)Nc1ncccc1C(N)=O. The number of amides is 1. The Morgan fingerprint density at radius 1 is 1.62 bits per heavy atom. The number of aromatic nitrogens is 1. The first-order chi connectivity index (χ1) is 7.34. The summed E-state index contributed by atoms with van der Waals surface area (Å²) >= 11 is 0. The second kappa shape index (κ2) is 4.49. The fourth-order valence-corrected chi connectivity index (χ4v) is 1.11. The first-order valence-electron chi connectivity index (χ1n) is 5.05. The highest BCUT2D eigenvalue weighted by Crippen LogP contribution is 2.19. The fraction of sp³-hybridized carbons (Fsp3) is 0.455. The Kier molecular flexibility index (Phi) is 3.49. The summed E-state index contributed by atoms with van der Waals surface area (Å²) in [6, 6.07) is 3.23. The van der Waals surface area contributed by atoms with E-state index in [-0.39, 0.29) is 0 Å². The van der Waals surface area contributed by atoms with Gasteiger partial charge in [-0.3, -0.25) is 4.79 Å². The van der Waals surface area contributed by atoms with Gasteiger partial charge in [-0.15, -0.1) is 0 Å². The molecular formula is C11H17N3O2. The number of pyridine rings is 1. The van der Waals surface area contributed by atoms with Crippen LogP contribution < -0.4 is 11.1 Å². The Morgan fingerprint density at radius 3 is 2.75 bits per heavy atom. The second-order valence-electron chi connectivity index (χ2n) is 4.29. The first-order valence-corrected chi connectivity index (χ1v) is 5.05. The summed E-state index contributed by atoms with van der Waals surface area (Å²) in [5.74, 6) is -0.155. The van der Waals surface area contributed by atoms with Crippen LogP contribution in [0.25, 0.3) is 0 Å². The van der Waals surface area contributed by atoms with Crippen LogP contribution in [0, 0.1) is 0 Å². The average molecular weight is 223 g/mol. The van der Waals surface area contributed by atoms with Gasteiger partial charge >= 0.3 is 0 Å². The zero-order valence-electron chi connectivity index (χ0n) is 9.69. The molecule has 1 unspecified atom stereocenters. The Balaban J connectivity index is 3.02. The number of primary amides is 1. The molecule has 0 spiro atoms. The minimum absolute atomic E-state index is 0.316. The molecule has 5 nitrogen and oxygen atoms in total. The van der Waals surface area contributed by atoms with Gasteiger partial charge in [0.25, 0.3) is 5.91 Å². The van der Waals surface area contributed by atoms with E-state index in [0.717, 1.165) is 0 Å². The highest BCUT2D eigenvalue weighted by molar-refractivity contribution is 5.97. The number of anilines is 1. The van der Waals surface area contributed by atoms with Crippen LogP contribution in [0.3, 0.4) is 0 Å². The molecule has 0 aliphatic rings. The van der Waals surface area contributed by atoms with Gasteiger partial charge in [-0.25, -0.2) is 4.98 Å². The third-order valence-electron chi connectivity index (χ3n) is 2.56. The molecule has 1 atom stereocenters. The zero-order valence-corrected chi connectivity index (χ0v) is 9.69. The van der Waals surface area contributed by atoms with Crippen molar-refractivity contribution in [3.05, 3.63) is 23.9 Å². The Hall–Kier alpha value is -1.62. The van der Waals surface area contributed by atoms with Gasteiger partial charge in [0.1, 0.15) is 5.82 Å². The summed E-state index contributed by atoms with van der Waals surface area (Å²) in [6.07, 6.45) is 0.975. The van der Waals surface area contributed by atoms with Crippen molar-refractivity contribution in [1.29, 1.82) is 0 Å². The number of aliphatic hydroxyl groups excluding tert-OH is 1. The van der Waals surface area contributed by atoms with Crippen molar-refractivity contribution in [2.45, 2.75) is 32.4 Å². The molecule has 1 heterocycles. The molecular weight excluding hydrogens is 206 g/mol. The monoisotopic (exact) mass is 223 g/mol. The van der Waals surface area contributed by atoms with Gasteiger partial charge in [-0.1, -0.05) is 0 Å². The Morgan fingerprint density at radius 2 is 2.25 bits per heavy atom. The number of carbonyl (C=O) groups is 1. The van der Waals surface area contributed by atoms with Crippen LogP contribution in [0.2, 0.25) is 0 Å². The van der Waals surface area contributed by atoms with E-state index >= 15 is 0 Å². The van der Waals surface area contributed by atoms with Gasteiger partial charge in [0.15, 0.2) is 0 Å². The smallest absolute Gasteiger partial charge is 0.252 e. The molecule has 1 aromatic rings. The lowest BCUT2D eigenvalue weighted by atomic mass is 9.98. The maximum atomic E-state index is 11.2. The molecule has 0 aromatic carbocycles. The number of aliphatic hydroxyl groups is 1. The molecule has 0 radical (unpaired) electrons. The normalized spacial score (nSPS) is 13.2. The van der Waals surface area contributed by atoms with E-state index in [1.54, 1.807) is 25.3 Å². The van der Waals surface area contributed by atoms with Gasteiger partial charge in [0.05, 0.1) is 17.2 Å². The first kappa shape index (κ1) is 12.4. The van der Waals surface area contributed by atoms with E-state index in [9.17, 15) is 9.90 Å². The molecule has 0 bridgehead atoms. The van der Waals surface area contributed by atoms with E-state index in [4.69, 9.17) is 5.73 Å². The maximum Gasteiger partial charge on any atom is 0.252 e. The van der Waals surface area contributed by atoms with Gasteiger partial charge in [0.2, 0.25) is 0 Å². The van der Waals surface area contributed by atoms with Crippen molar-refractivity contribution in [2.24, 2.45) is 5.73 Å². The Bertz CT molecular complexity index is 389. The highest BCUT2D eigenvalue weighted by Gasteiger charge is 2.25. The minimum atomic E-state index is -0.588. The summed E-state index contributed by atoms with van der Waals surface area (Å²) in [5.41, 5.74) is 4.96. The minimum Gasteiger partial charge on any atom is -0.391 e. The van der Waals surface area contributed by atoms with Crippen LogP contribution in [-0.2, 0) is 0 Å². The van der Waals surface area contributed by atoms with Gasteiger partial charge in [0, 0.05) is 6.20 Å². The Labute approximate surface area is 94.7 Å². The lowest BCUT2D eigenvalue weighted by Crippen LogP contribution is -2.42. The predicted molar refractivity (Wildman–Crippen MR) is 62.1 cm³/mol. The number of carbonyl (C=O) groups excluding carboxylic acids is 1. The van der Waals surface area contributed by atoms with Crippen LogP contribution in [0.1, 0.15) is 31.1 Å². The summed E-state index contributed by atoms with van der Waals surface area (Å²) in [7, 11) is 0. The molecule has 1 rings (SSSR count). The molecule has 0 saturated carbocycles. The van der Waals surface area contributed by atoms with Crippen molar-refractivity contribution in [3.63, 3.8) is 0 Å². The molecule has 1 amide bonds. The largest absolute Gasteiger partial charge is 0.391 e. The average Bonchev–Trinajstić information content (AvgIpc) is 2.17. The summed E-state index contributed by atoms with van der Waals surface area (Å²) in [4.78, 5) is 15.2. The molecule has 0 aliphatic heterocycles. The third-order valence-corrected chi connectivity index (χ3v) is 2.56. The number of nitrogens with zero attached hydrogens (tertiary/aromatic N) is 1. The van der Waals surface area contributed by atoms with Gasteiger partial charge in [-0.2, -0.15) is 0 Å². The van der Waals surface area contributed by atoms with Crippen LogP contribution in [0.5, 0.6) is 0 Å². The van der Waals surface area contributed by atoms with Crippen molar-refractivity contribution >= 4 is 11.7 Å². The number of rotatable bonds is 4. The predicted octanol–water partition coefficient (Wildman–Crippen LogP) is 0.752. The van der Waals surface area contributed by atoms with E-state index in [1.807, 2.05) is 13.8 Å². The van der Waals surface area contributed by atoms with Crippen molar-refractivity contribution < 1.29 is 9.90 Å². The molecule has 5 heteroatoms. The molecule has 1 aromatic heterocycles. The summed E-state index contributed by atoms with van der Waals surface area (Å²) in [5, 5.41) is 12.6. The molecule has 88 valence electrons. The van der Waals surface area contributed by atoms with Crippen LogP contribution in [0.15, 0.2) is 18.3 Å². The van der Waals surface area contributed by atoms with Crippen molar-refractivity contribution in [3.8, 4) is 0 Å². The van der Waals surface area contributed by atoms with Crippen molar-refractivity contribution in [2.75, 3.05) is 5.32 Å². The van der Waals surface area contributed by atoms with Crippen LogP contribution in [-0.4, -0.2) is 27.6 Å². The van der Waals surface area contributed by atoms with E-state index < -0.39 is 17.6 Å². The topological polar surface area (TPSA) is 88.2 Å². The zero-order chi connectivity index (χ0) is 12.3. The molecule has 0 fully saturated rings. The maximum absolute atomic E-state index is 11.2. The molecule has 0 aliphatic carbocycles. The lowest BCUT2D eigenvalue weighted by Gasteiger charge is -2.30. The molecule has 0 saturated heterocycles. The highest BCUT2D eigenvalue weighted by atomic mass is 16.3. The molecule has 4 N–H and O–H groups in total. The van der Waals surface area contributed by atoms with E-state index in [0.29, 0.717) is 11.4 Å². The number of nitrogens with two attached hydrogens (primary N) is 1. The van der Waals surface area contributed by atoms with Gasteiger partial charge < -0.3 is 16.2 Å². The van der Waals surface area contributed by atoms with E-state index in [2.05, 4.69) is 10.3 Å².